The number of hydrogen-bond donors (Lipinski definition) is 0. The van der Waals surface area contributed by atoms with Gasteiger partial charge in [-0.25, -0.2) is 9.29 Å². The number of nitrogens with zero attached hydrogens (tertiary/aromatic N) is 3. The van der Waals surface area contributed by atoms with Gasteiger partial charge in [-0.1, -0.05) is 0 Å². The number of morpholine rings is 1. The zero-order chi connectivity index (χ0) is 16.0. The molecule has 0 amide bonds. The predicted octanol–water partition coefficient (Wildman–Crippen LogP) is 2.59. The van der Waals surface area contributed by atoms with Crippen LogP contribution in [0.25, 0.3) is 0 Å². The molecule has 0 atom stereocenters. The molecule has 0 aromatic carbocycles. The van der Waals surface area contributed by atoms with E-state index in [1.165, 1.54) is 34.9 Å². The third-order valence-electron chi connectivity index (χ3n) is 5.55. The molecule has 5 rings (SSSR count). The lowest BCUT2D eigenvalue weighted by Crippen LogP contribution is -2.71. The monoisotopic (exact) mass is 367 g/mol. The molecule has 3 saturated heterocycles. The zero-order valence-corrected chi connectivity index (χ0v) is 15.6. The lowest BCUT2D eigenvalue weighted by atomic mass is 9.89. The second-order valence-electron chi connectivity index (χ2n) is 7.53. The number of hydrogen-bond acceptors (Lipinski definition) is 7. The van der Waals surface area contributed by atoms with Crippen molar-refractivity contribution in [1.29, 1.82) is 0 Å². The van der Waals surface area contributed by atoms with Gasteiger partial charge in [0.25, 0.3) is 0 Å². The Bertz CT molecular complexity index is 580. The molecule has 4 aliphatic rings. The van der Waals surface area contributed by atoms with Gasteiger partial charge < -0.3 is 9.47 Å². The minimum Gasteiger partial charge on any atom is -0.381 e. The number of ether oxygens (including phenoxy) is 2. The van der Waals surface area contributed by atoms with Gasteiger partial charge in [-0.3, -0.25) is 4.90 Å². The van der Waals surface area contributed by atoms with E-state index in [1.807, 2.05) is 23.3 Å². The number of rotatable bonds is 4. The summed E-state index contributed by atoms with van der Waals surface area (Å²) < 4.78 is 15.5. The largest absolute Gasteiger partial charge is 0.381 e. The molecule has 1 aromatic rings. The quantitative estimate of drug-likeness (QED) is 0.762. The number of likely N-dealkylation sites (tertiary alicyclic amines) is 1. The Kier molecular flexibility index (Phi) is 4.35. The van der Waals surface area contributed by atoms with E-state index >= 15 is 0 Å². The van der Waals surface area contributed by atoms with E-state index < -0.39 is 0 Å². The fourth-order valence-electron chi connectivity index (χ4n) is 4.04. The van der Waals surface area contributed by atoms with E-state index in [1.54, 1.807) is 0 Å². The molecule has 1 aliphatic carbocycles. The van der Waals surface area contributed by atoms with Crippen molar-refractivity contribution in [2.45, 2.75) is 47.5 Å². The van der Waals surface area contributed by atoms with Crippen LogP contribution in [-0.4, -0.2) is 71.8 Å². The van der Waals surface area contributed by atoms with Crippen molar-refractivity contribution in [3.8, 4) is 0 Å². The van der Waals surface area contributed by atoms with Gasteiger partial charge in [0.1, 0.15) is 5.60 Å². The first-order valence-corrected chi connectivity index (χ1v) is 10.7. The lowest BCUT2D eigenvalue weighted by molar-refractivity contribution is -0.186. The fourth-order valence-corrected chi connectivity index (χ4v) is 6.40. The summed E-state index contributed by atoms with van der Waals surface area (Å²) in [5.41, 5.74) is 0.0631. The molecule has 0 N–H and O–H groups in total. The van der Waals surface area contributed by atoms with Gasteiger partial charge in [0.05, 0.1) is 22.0 Å². The Hall–Kier alpha value is -0.180. The maximum absolute atomic E-state index is 6.20. The van der Waals surface area contributed by atoms with Gasteiger partial charge >= 0.3 is 0 Å². The summed E-state index contributed by atoms with van der Waals surface area (Å²) in [5, 5.41) is 1.34. The normalized spacial score (nSPS) is 29.0. The van der Waals surface area contributed by atoms with E-state index in [9.17, 15) is 0 Å². The summed E-state index contributed by atoms with van der Waals surface area (Å²) in [4.78, 5) is 7.21. The molecular formula is C17H25N3O2S2. The standard InChI is InChI=1S/C17H25N3O2S2/c1-2-13(1)16-18-9-15(23-16)24-20-5-8-22-17(12-20)10-19(11-17)14-3-6-21-7-4-14/h9,13-14H,1-8,10-12H2. The molecule has 132 valence electrons. The minimum absolute atomic E-state index is 0.0631. The highest BCUT2D eigenvalue weighted by Crippen LogP contribution is 2.44. The fraction of sp³-hybridized carbons (Fsp3) is 0.824. The molecule has 7 heteroatoms. The van der Waals surface area contributed by atoms with Gasteiger partial charge in [0, 0.05) is 51.4 Å². The third kappa shape index (κ3) is 3.27. The Morgan fingerprint density at radius 2 is 1.96 bits per heavy atom. The van der Waals surface area contributed by atoms with Crippen molar-refractivity contribution in [1.82, 2.24) is 14.2 Å². The summed E-state index contributed by atoms with van der Waals surface area (Å²) in [6, 6.07) is 0.707. The predicted molar refractivity (Wildman–Crippen MR) is 95.6 cm³/mol. The zero-order valence-electron chi connectivity index (χ0n) is 14.0. The summed E-state index contributed by atoms with van der Waals surface area (Å²) in [5.74, 6) is 0.764. The average molecular weight is 368 g/mol. The van der Waals surface area contributed by atoms with Crippen molar-refractivity contribution >= 4 is 23.3 Å². The summed E-state index contributed by atoms with van der Waals surface area (Å²) in [7, 11) is 0. The second kappa shape index (κ2) is 6.52. The molecule has 4 heterocycles. The van der Waals surface area contributed by atoms with Crippen LogP contribution < -0.4 is 0 Å². The highest BCUT2D eigenvalue weighted by Gasteiger charge is 2.49. The van der Waals surface area contributed by atoms with E-state index in [-0.39, 0.29) is 5.60 Å². The maximum Gasteiger partial charge on any atom is 0.107 e. The summed E-state index contributed by atoms with van der Waals surface area (Å²) in [6.45, 7) is 6.92. The molecule has 5 nitrogen and oxygen atoms in total. The van der Waals surface area contributed by atoms with Crippen molar-refractivity contribution in [3.63, 3.8) is 0 Å². The van der Waals surface area contributed by atoms with Crippen molar-refractivity contribution < 1.29 is 9.47 Å². The lowest BCUT2D eigenvalue weighted by Gasteiger charge is -2.56. The first-order valence-electron chi connectivity index (χ1n) is 9.14. The molecule has 0 bridgehead atoms. The van der Waals surface area contributed by atoms with Gasteiger partial charge in [-0.2, -0.15) is 0 Å². The van der Waals surface area contributed by atoms with Gasteiger partial charge in [-0.05, 0) is 37.6 Å². The molecule has 0 radical (unpaired) electrons. The molecule has 1 saturated carbocycles. The van der Waals surface area contributed by atoms with E-state index in [0.29, 0.717) is 6.04 Å². The average Bonchev–Trinajstić information content (AvgIpc) is 3.34. The van der Waals surface area contributed by atoms with Crippen LogP contribution in [0.5, 0.6) is 0 Å². The van der Waals surface area contributed by atoms with Crippen LogP contribution in [0.15, 0.2) is 10.4 Å². The van der Waals surface area contributed by atoms with Gasteiger partial charge in [0.2, 0.25) is 0 Å². The van der Waals surface area contributed by atoms with Crippen molar-refractivity contribution in [3.05, 3.63) is 11.2 Å². The first-order chi connectivity index (χ1) is 11.8. The Morgan fingerprint density at radius 3 is 2.75 bits per heavy atom. The van der Waals surface area contributed by atoms with E-state index in [4.69, 9.17) is 9.47 Å². The molecular weight excluding hydrogens is 342 g/mol. The van der Waals surface area contributed by atoms with Crippen LogP contribution in [0.1, 0.15) is 36.6 Å². The minimum atomic E-state index is 0.0631. The van der Waals surface area contributed by atoms with Crippen LogP contribution in [0.3, 0.4) is 0 Å². The molecule has 1 spiro atoms. The second-order valence-corrected chi connectivity index (χ2v) is 9.99. The van der Waals surface area contributed by atoms with Gasteiger partial charge in [0.15, 0.2) is 0 Å². The van der Waals surface area contributed by atoms with Crippen LogP contribution in [0, 0.1) is 0 Å². The SMILES string of the molecule is c1nc(C2CC2)sc1SN1CCOC2(C1)CN(C1CCOCC1)C2. The Morgan fingerprint density at radius 1 is 1.12 bits per heavy atom. The molecule has 3 aliphatic heterocycles. The first kappa shape index (κ1) is 16.0. The summed E-state index contributed by atoms with van der Waals surface area (Å²) in [6.07, 6.45) is 7.10. The molecule has 1 aromatic heterocycles. The van der Waals surface area contributed by atoms with Crippen LogP contribution in [0.2, 0.25) is 0 Å². The number of aromatic nitrogens is 1. The van der Waals surface area contributed by atoms with Crippen LogP contribution in [-0.2, 0) is 9.47 Å². The topological polar surface area (TPSA) is 37.8 Å². The Balaban J connectivity index is 1.16. The molecule has 24 heavy (non-hydrogen) atoms. The van der Waals surface area contributed by atoms with Crippen LogP contribution >= 0.6 is 23.3 Å². The Labute approximate surface area is 151 Å². The van der Waals surface area contributed by atoms with E-state index in [2.05, 4.69) is 20.4 Å². The highest BCUT2D eigenvalue weighted by atomic mass is 32.2. The third-order valence-corrected chi connectivity index (χ3v) is 7.83. The van der Waals surface area contributed by atoms with Crippen LogP contribution in [0.4, 0.5) is 0 Å². The van der Waals surface area contributed by atoms with Crippen molar-refractivity contribution in [2.24, 2.45) is 0 Å². The van der Waals surface area contributed by atoms with Crippen molar-refractivity contribution in [2.75, 3.05) is 46.0 Å². The molecule has 0 unspecified atom stereocenters. The van der Waals surface area contributed by atoms with E-state index in [0.717, 1.165) is 51.9 Å². The number of thiazole rings is 1. The molecule has 4 fully saturated rings. The highest BCUT2D eigenvalue weighted by molar-refractivity contribution is 7.98. The smallest absolute Gasteiger partial charge is 0.107 e. The summed E-state index contributed by atoms with van der Waals surface area (Å²) >= 11 is 3.78. The van der Waals surface area contributed by atoms with Gasteiger partial charge in [-0.15, -0.1) is 11.3 Å². The maximum atomic E-state index is 6.20.